The second-order valence-electron chi connectivity index (χ2n) is 5.90. The van der Waals surface area contributed by atoms with E-state index in [-0.39, 0.29) is 5.41 Å². The summed E-state index contributed by atoms with van der Waals surface area (Å²) < 4.78 is 0. The quantitative estimate of drug-likeness (QED) is 0.862. The van der Waals surface area contributed by atoms with Crippen molar-refractivity contribution in [2.24, 2.45) is 11.3 Å². The molecular formula is C17H20O. The standard InChI is InChI=1S/C17H20O/c1-17(12-18,15-9-10-15)11-14-7-4-6-13-5-2-3-8-16(13)14/h2-8,15,18H,9-12H2,1H3. The maximum atomic E-state index is 9.73. The molecule has 0 spiro atoms. The Morgan fingerprint density at radius 3 is 2.56 bits per heavy atom. The molecule has 0 heterocycles. The molecule has 1 fully saturated rings. The van der Waals surface area contributed by atoms with Crippen molar-refractivity contribution >= 4 is 10.8 Å². The highest BCUT2D eigenvalue weighted by Gasteiger charge is 2.41. The van der Waals surface area contributed by atoms with E-state index in [2.05, 4.69) is 49.4 Å². The third-order valence-electron chi connectivity index (χ3n) is 4.40. The molecule has 1 nitrogen and oxygen atoms in total. The second-order valence-corrected chi connectivity index (χ2v) is 5.90. The van der Waals surface area contributed by atoms with Crippen LogP contribution in [0.5, 0.6) is 0 Å². The molecule has 1 aliphatic carbocycles. The Kier molecular flexibility index (Phi) is 2.87. The summed E-state index contributed by atoms with van der Waals surface area (Å²) in [4.78, 5) is 0. The van der Waals surface area contributed by atoms with E-state index in [1.54, 1.807) is 0 Å². The minimum atomic E-state index is 0.0596. The van der Waals surface area contributed by atoms with Crippen LogP contribution < -0.4 is 0 Å². The number of aliphatic hydroxyl groups excluding tert-OH is 1. The molecule has 1 aliphatic rings. The molecular weight excluding hydrogens is 220 g/mol. The van der Waals surface area contributed by atoms with E-state index < -0.39 is 0 Å². The van der Waals surface area contributed by atoms with Crippen LogP contribution in [-0.4, -0.2) is 11.7 Å². The zero-order chi connectivity index (χ0) is 12.6. The first-order valence-corrected chi connectivity index (χ1v) is 6.80. The first-order chi connectivity index (χ1) is 8.73. The van der Waals surface area contributed by atoms with Gasteiger partial charge < -0.3 is 5.11 Å². The van der Waals surface area contributed by atoms with Crippen molar-refractivity contribution in [3.8, 4) is 0 Å². The molecule has 94 valence electrons. The van der Waals surface area contributed by atoms with Gasteiger partial charge in [-0.3, -0.25) is 0 Å². The number of hydrogen-bond acceptors (Lipinski definition) is 1. The van der Waals surface area contributed by atoms with E-state index in [1.807, 2.05) is 0 Å². The van der Waals surface area contributed by atoms with Crippen LogP contribution in [-0.2, 0) is 6.42 Å². The van der Waals surface area contributed by atoms with Gasteiger partial charge in [-0.15, -0.1) is 0 Å². The molecule has 0 bridgehead atoms. The third-order valence-corrected chi connectivity index (χ3v) is 4.40. The highest BCUT2D eigenvalue weighted by atomic mass is 16.3. The number of rotatable bonds is 4. The van der Waals surface area contributed by atoms with Crippen LogP contribution in [0.25, 0.3) is 10.8 Å². The van der Waals surface area contributed by atoms with E-state index >= 15 is 0 Å². The molecule has 3 rings (SSSR count). The van der Waals surface area contributed by atoms with Crippen molar-refractivity contribution in [2.45, 2.75) is 26.2 Å². The monoisotopic (exact) mass is 240 g/mol. The number of hydrogen-bond donors (Lipinski definition) is 1. The predicted molar refractivity (Wildman–Crippen MR) is 75.6 cm³/mol. The summed E-state index contributed by atoms with van der Waals surface area (Å²) in [5.41, 5.74) is 1.43. The largest absolute Gasteiger partial charge is 0.396 e. The maximum absolute atomic E-state index is 9.73. The molecule has 1 saturated carbocycles. The van der Waals surface area contributed by atoms with Gasteiger partial charge in [0, 0.05) is 6.61 Å². The lowest BCUT2D eigenvalue weighted by Crippen LogP contribution is -2.26. The van der Waals surface area contributed by atoms with Crippen molar-refractivity contribution in [3.05, 3.63) is 48.0 Å². The van der Waals surface area contributed by atoms with Crippen LogP contribution in [0.2, 0.25) is 0 Å². The first kappa shape index (κ1) is 11.7. The van der Waals surface area contributed by atoms with Crippen LogP contribution in [0.4, 0.5) is 0 Å². The van der Waals surface area contributed by atoms with Crippen LogP contribution in [0.15, 0.2) is 42.5 Å². The molecule has 1 unspecified atom stereocenters. The van der Waals surface area contributed by atoms with Gasteiger partial charge in [0.1, 0.15) is 0 Å². The minimum Gasteiger partial charge on any atom is -0.396 e. The van der Waals surface area contributed by atoms with Crippen molar-refractivity contribution < 1.29 is 5.11 Å². The van der Waals surface area contributed by atoms with E-state index in [0.29, 0.717) is 12.5 Å². The summed E-state index contributed by atoms with van der Waals surface area (Å²) in [6.45, 7) is 2.52. The Balaban J connectivity index is 1.99. The molecule has 1 atom stereocenters. The molecule has 1 N–H and O–H groups in total. The zero-order valence-corrected chi connectivity index (χ0v) is 10.9. The van der Waals surface area contributed by atoms with Gasteiger partial charge in [0.15, 0.2) is 0 Å². The van der Waals surface area contributed by atoms with E-state index in [4.69, 9.17) is 0 Å². The lowest BCUT2D eigenvalue weighted by atomic mass is 9.79. The van der Waals surface area contributed by atoms with Gasteiger partial charge in [0.25, 0.3) is 0 Å². The Morgan fingerprint density at radius 1 is 1.11 bits per heavy atom. The fourth-order valence-electron chi connectivity index (χ4n) is 2.99. The number of benzene rings is 2. The molecule has 2 aromatic rings. The highest BCUT2D eigenvalue weighted by Crippen LogP contribution is 2.47. The molecule has 0 aromatic heterocycles. The average Bonchev–Trinajstić information content (AvgIpc) is 3.24. The van der Waals surface area contributed by atoms with Crippen LogP contribution in [0.3, 0.4) is 0 Å². The SMILES string of the molecule is CC(CO)(Cc1cccc2ccccc12)C1CC1. The average molecular weight is 240 g/mol. The third kappa shape index (κ3) is 2.04. The Labute approximate surface area is 108 Å². The minimum absolute atomic E-state index is 0.0596. The molecule has 0 aliphatic heterocycles. The van der Waals surface area contributed by atoms with Crippen molar-refractivity contribution in [3.63, 3.8) is 0 Å². The zero-order valence-electron chi connectivity index (χ0n) is 10.9. The number of fused-ring (bicyclic) bond motifs is 1. The van der Waals surface area contributed by atoms with Gasteiger partial charge >= 0.3 is 0 Å². The van der Waals surface area contributed by atoms with Crippen LogP contribution >= 0.6 is 0 Å². The molecule has 0 saturated heterocycles. The predicted octanol–water partition coefficient (Wildman–Crippen LogP) is 3.79. The van der Waals surface area contributed by atoms with E-state index in [0.717, 1.165) is 6.42 Å². The second kappa shape index (κ2) is 4.40. The van der Waals surface area contributed by atoms with Crippen LogP contribution in [0.1, 0.15) is 25.3 Å². The smallest absolute Gasteiger partial charge is 0.0490 e. The summed E-state index contributed by atoms with van der Waals surface area (Å²) in [6, 6.07) is 15.0. The fraction of sp³-hybridized carbons (Fsp3) is 0.412. The van der Waals surface area contributed by atoms with Gasteiger partial charge in [-0.05, 0) is 46.9 Å². The maximum Gasteiger partial charge on any atom is 0.0490 e. The van der Waals surface area contributed by atoms with Gasteiger partial charge in [-0.25, -0.2) is 0 Å². The Morgan fingerprint density at radius 2 is 1.83 bits per heavy atom. The summed E-state index contributed by atoms with van der Waals surface area (Å²) in [6.07, 6.45) is 3.54. The van der Waals surface area contributed by atoms with Gasteiger partial charge in [-0.1, -0.05) is 49.4 Å². The first-order valence-electron chi connectivity index (χ1n) is 6.80. The summed E-state index contributed by atoms with van der Waals surface area (Å²) in [7, 11) is 0. The van der Waals surface area contributed by atoms with Crippen molar-refractivity contribution in [1.29, 1.82) is 0 Å². The van der Waals surface area contributed by atoms with Crippen molar-refractivity contribution in [2.75, 3.05) is 6.61 Å². The molecule has 2 aromatic carbocycles. The Bertz CT molecular complexity index is 551. The van der Waals surface area contributed by atoms with Gasteiger partial charge in [0.2, 0.25) is 0 Å². The van der Waals surface area contributed by atoms with Crippen molar-refractivity contribution in [1.82, 2.24) is 0 Å². The van der Waals surface area contributed by atoms with E-state index in [9.17, 15) is 5.11 Å². The molecule has 1 heteroatoms. The summed E-state index contributed by atoms with van der Waals surface area (Å²) in [5, 5.41) is 12.4. The highest BCUT2D eigenvalue weighted by molar-refractivity contribution is 5.85. The summed E-state index contributed by atoms with van der Waals surface area (Å²) >= 11 is 0. The molecule has 18 heavy (non-hydrogen) atoms. The van der Waals surface area contributed by atoms with Gasteiger partial charge in [0.05, 0.1) is 0 Å². The fourth-order valence-corrected chi connectivity index (χ4v) is 2.99. The molecule has 0 radical (unpaired) electrons. The van der Waals surface area contributed by atoms with E-state index in [1.165, 1.54) is 29.2 Å². The summed E-state index contributed by atoms with van der Waals surface area (Å²) in [5.74, 6) is 0.710. The van der Waals surface area contributed by atoms with Gasteiger partial charge in [-0.2, -0.15) is 0 Å². The lowest BCUT2D eigenvalue weighted by Gasteiger charge is -2.28. The van der Waals surface area contributed by atoms with Crippen LogP contribution in [0, 0.1) is 11.3 Å². The normalized spacial score (nSPS) is 18.8. The number of aliphatic hydroxyl groups is 1. The topological polar surface area (TPSA) is 20.2 Å². The Hall–Kier alpha value is -1.34. The lowest BCUT2D eigenvalue weighted by molar-refractivity contribution is 0.120. The molecule has 0 amide bonds.